The van der Waals surface area contributed by atoms with E-state index in [0.29, 0.717) is 6.42 Å². The molecule has 0 radical (unpaired) electrons. The third-order valence-electron chi connectivity index (χ3n) is 2.34. The second-order valence-corrected chi connectivity index (χ2v) is 3.35. The number of carboxylic acid groups (broad SMARTS) is 1. The Labute approximate surface area is 82.5 Å². The first-order chi connectivity index (χ1) is 6.52. The van der Waals surface area contributed by atoms with Crippen molar-refractivity contribution in [2.75, 3.05) is 0 Å². The fourth-order valence-electron chi connectivity index (χ4n) is 1.31. The van der Waals surface area contributed by atoms with E-state index >= 15 is 0 Å². The van der Waals surface area contributed by atoms with Gasteiger partial charge in [0.1, 0.15) is 0 Å². The van der Waals surface area contributed by atoms with Crippen LogP contribution in [0, 0.1) is 6.92 Å². The Morgan fingerprint density at radius 1 is 1.79 bits per heavy atom. The monoisotopic (exact) mass is 197 g/mol. The Morgan fingerprint density at radius 3 is 2.86 bits per heavy atom. The van der Waals surface area contributed by atoms with Crippen molar-refractivity contribution in [3.8, 4) is 0 Å². The summed E-state index contributed by atoms with van der Waals surface area (Å²) in [6, 6.07) is -0.236. The molecule has 0 spiro atoms. The van der Waals surface area contributed by atoms with Crippen molar-refractivity contribution in [3.63, 3.8) is 0 Å². The molecule has 1 unspecified atom stereocenters. The third-order valence-corrected chi connectivity index (χ3v) is 2.34. The van der Waals surface area contributed by atoms with Gasteiger partial charge >= 0.3 is 5.97 Å². The van der Waals surface area contributed by atoms with Crippen LogP contribution in [0.2, 0.25) is 0 Å². The molecule has 0 fully saturated rings. The Balaban J connectivity index is 2.65. The molecule has 1 aromatic heterocycles. The van der Waals surface area contributed by atoms with Gasteiger partial charge in [-0.15, -0.1) is 0 Å². The molecule has 5 heteroatoms. The summed E-state index contributed by atoms with van der Waals surface area (Å²) in [4.78, 5) is 10.3. The van der Waals surface area contributed by atoms with Gasteiger partial charge in [0.2, 0.25) is 0 Å². The van der Waals surface area contributed by atoms with Gasteiger partial charge in [0.25, 0.3) is 0 Å². The molecule has 14 heavy (non-hydrogen) atoms. The largest absolute Gasteiger partial charge is 0.481 e. The lowest BCUT2D eigenvalue weighted by atomic mass is 10.0. The number of aliphatic carboxylic acids is 1. The predicted octanol–water partition coefficient (Wildman–Crippen LogP) is 0.593. The summed E-state index contributed by atoms with van der Waals surface area (Å²) in [5, 5.41) is 12.6. The van der Waals surface area contributed by atoms with Gasteiger partial charge in [0.15, 0.2) is 0 Å². The molecule has 1 heterocycles. The van der Waals surface area contributed by atoms with E-state index in [1.165, 1.54) is 0 Å². The smallest absolute Gasteiger partial charge is 0.303 e. The van der Waals surface area contributed by atoms with Crippen LogP contribution in [0.1, 0.15) is 30.1 Å². The Morgan fingerprint density at radius 2 is 2.43 bits per heavy atom. The van der Waals surface area contributed by atoms with E-state index in [-0.39, 0.29) is 12.5 Å². The lowest BCUT2D eigenvalue weighted by Gasteiger charge is -2.09. The molecule has 0 aliphatic heterocycles. The van der Waals surface area contributed by atoms with Gasteiger partial charge in [-0.25, -0.2) is 0 Å². The summed E-state index contributed by atoms with van der Waals surface area (Å²) >= 11 is 0. The van der Waals surface area contributed by atoms with Crippen LogP contribution in [-0.4, -0.2) is 20.9 Å². The maximum atomic E-state index is 10.3. The first kappa shape index (κ1) is 10.7. The molecule has 0 saturated carbocycles. The van der Waals surface area contributed by atoms with Crippen LogP contribution < -0.4 is 5.73 Å². The first-order valence-corrected chi connectivity index (χ1v) is 4.48. The summed E-state index contributed by atoms with van der Waals surface area (Å²) in [6.07, 6.45) is 2.24. The van der Waals surface area contributed by atoms with Gasteiger partial charge in [-0.3, -0.25) is 9.48 Å². The molecule has 5 nitrogen and oxygen atoms in total. The van der Waals surface area contributed by atoms with Gasteiger partial charge < -0.3 is 10.8 Å². The standard InChI is InChI=1S/C9H15N3O2/c1-6-7(5-11-12(6)2)8(10)3-4-9(13)14/h5,8H,3-4,10H2,1-2H3,(H,13,14). The lowest BCUT2D eigenvalue weighted by Crippen LogP contribution is -2.13. The highest BCUT2D eigenvalue weighted by atomic mass is 16.4. The van der Waals surface area contributed by atoms with Crippen LogP contribution in [0.4, 0.5) is 0 Å². The molecule has 1 aromatic rings. The van der Waals surface area contributed by atoms with Gasteiger partial charge in [-0.1, -0.05) is 0 Å². The average molecular weight is 197 g/mol. The summed E-state index contributed by atoms with van der Waals surface area (Å²) in [5.74, 6) is -0.818. The molecule has 0 amide bonds. The van der Waals surface area contributed by atoms with Crippen molar-refractivity contribution >= 4 is 5.97 Å². The van der Waals surface area contributed by atoms with Crippen molar-refractivity contribution in [2.24, 2.45) is 12.8 Å². The van der Waals surface area contributed by atoms with Crippen LogP contribution in [-0.2, 0) is 11.8 Å². The van der Waals surface area contributed by atoms with Crippen molar-refractivity contribution in [1.29, 1.82) is 0 Å². The van der Waals surface area contributed by atoms with Crippen molar-refractivity contribution in [2.45, 2.75) is 25.8 Å². The van der Waals surface area contributed by atoms with Gasteiger partial charge in [-0.2, -0.15) is 5.10 Å². The predicted molar refractivity (Wildman–Crippen MR) is 51.7 cm³/mol. The van der Waals surface area contributed by atoms with E-state index in [1.807, 2.05) is 14.0 Å². The van der Waals surface area contributed by atoms with Gasteiger partial charge in [-0.05, 0) is 13.3 Å². The molecule has 0 bridgehead atoms. The van der Waals surface area contributed by atoms with E-state index in [0.717, 1.165) is 11.3 Å². The third kappa shape index (κ3) is 2.32. The summed E-state index contributed by atoms with van der Waals surface area (Å²) in [6.45, 7) is 1.92. The van der Waals surface area contributed by atoms with Gasteiger partial charge in [0, 0.05) is 30.8 Å². The van der Waals surface area contributed by atoms with Crippen LogP contribution >= 0.6 is 0 Å². The van der Waals surface area contributed by atoms with Crippen molar-refractivity contribution < 1.29 is 9.90 Å². The number of aryl methyl sites for hydroxylation is 1. The maximum absolute atomic E-state index is 10.3. The Hall–Kier alpha value is -1.36. The van der Waals surface area contributed by atoms with E-state index in [9.17, 15) is 4.79 Å². The number of carboxylic acids is 1. The summed E-state index contributed by atoms with van der Waals surface area (Å²) in [7, 11) is 1.84. The summed E-state index contributed by atoms with van der Waals surface area (Å²) < 4.78 is 1.73. The van der Waals surface area contributed by atoms with Crippen LogP contribution in [0.5, 0.6) is 0 Å². The minimum atomic E-state index is -0.818. The quantitative estimate of drug-likeness (QED) is 0.740. The van der Waals surface area contributed by atoms with E-state index in [2.05, 4.69) is 5.10 Å². The number of aromatic nitrogens is 2. The van der Waals surface area contributed by atoms with Crippen LogP contribution in [0.3, 0.4) is 0 Å². The molecule has 0 aliphatic carbocycles. The van der Waals surface area contributed by atoms with Gasteiger partial charge in [0.05, 0.1) is 6.20 Å². The van der Waals surface area contributed by atoms with Crippen LogP contribution in [0.25, 0.3) is 0 Å². The van der Waals surface area contributed by atoms with E-state index in [4.69, 9.17) is 10.8 Å². The summed E-state index contributed by atoms with van der Waals surface area (Å²) in [5.41, 5.74) is 7.75. The van der Waals surface area contributed by atoms with E-state index in [1.54, 1.807) is 10.9 Å². The number of carbonyl (C=O) groups is 1. The number of nitrogens with zero attached hydrogens (tertiary/aromatic N) is 2. The first-order valence-electron chi connectivity index (χ1n) is 4.48. The van der Waals surface area contributed by atoms with Crippen molar-refractivity contribution in [1.82, 2.24) is 9.78 Å². The van der Waals surface area contributed by atoms with E-state index < -0.39 is 5.97 Å². The number of hydrogen-bond acceptors (Lipinski definition) is 3. The fraction of sp³-hybridized carbons (Fsp3) is 0.556. The zero-order valence-corrected chi connectivity index (χ0v) is 8.40. The normalized spacial score (nSPS) is 12.8. The molecule has 0 aromatic carbocycles. The fourth-order valence-corrected chi connectivity index (χ4v) is 1.31. The molecular weight excluding hydrogens is 182 g/mol. The highest BCUT2D eigenvalue weighted by molar-refractivity contribution is 5.66. The highest BCUT2D eigenvalue weighted by Crippen LogP contribution is 2.18. The maximum Gasteiger partial charge on any atom is 0.303 e. The molecule has 0 aliphatic rings. The molecular formula is C9H15N3O2. The minimum absolute atomic E-state index is 0.0928. The minimum Gasteiger partial charge on any atom is -0.481 e. The molecule has 3 N–H and O–H groups in total. The zero-order chi connectivity index (χ0) is 10.7. The zero-order valence-electron chi connectivity index (χ0n) is 8.40. The molecule has 1 atom stereocenters. The second kappa shape index (κ2) is 4.23. The SMILES string of the molecule is Cc1c(C(N)CCC(=O)O)cnn1C. The lowest BCUT2D eigenvalue weighted by molar-refractivity contribution is -0.137. The molecule has 78 valence electrons. The Kier molecular flexibility index (Phi) is 3.24. The second-order valence-electron chi connectivity index (χ2n) is 3.35. The average Bonchev–Trinajstić information content (AvgIpc) is 2.44. The topological polar surface area (TPSA) is 81.1 Å². The molecule has 0 saturated heterocycles. The Bertz CT molecular complexity index is 333. The highest BCUT2D eigenvalue weighted by Gasteiger charge is 2.13. The number of rotatable bonds is 4. The number of nitrogens with two attached hydrogens (primary N) is 1. The molecule has 1 rings (SSSR count). The van der Waals surface area contributed by atoms with Crippen molar-refractivity contribution in [3.05, 3.63) is 17.5 Å². The van der Waals surface area contributed by atoms with Crippen LogP contribution in [0.15, 0.2) is 6.20 Å². The number of hydrogen-bond donors (Lipinski definition) is 2.